The van der Waals surface area contributed by atoms with E-state index in [1.807, 2.05) is 6.08 Å². The predicted octanol–water partition coefficient (Wildman–Crippen LogP) is 4.46. The van der Waals surface area contributed by atoms with E-state index in [0.717, 1.165) is 6.42 Å². The summed E-state index contributed by atoms with van der Waals surface area (Å²) in [5, 5.41) is 0. The van der Waals surface area contributed by atoms with Crippen LogP contribution in [0.4, 0.5) is 0 Å². The van der Waals surface area contributed by atoms with Gasteiger partial charge >= 0.3 is 92.9 Å². The summed E-state index contributed by atoms with van der Waals surface area (Å²) in [5.41, 5.74) is 0.282. The first-order valence-electron chi connectivity index (χ1n) is 4.97. The van der Waals surface area contributed by atoms with Crippen LogP contribution in [0, 0.1) is 5.41 Å². The topological polar surface area (TPSA) is 0 Å². The Balaban J connectivity index is 4.34. The zero-order valence-electron chi connectivity index (χ0n) is 9.65. The molecule has 0 saturated heterocycles. The van der Waals surface area contributed by atoms with E-state index < -0.39 is 18.4 Å². The standard InChI is InChI=1S/C8H14Cl.3CH3.Sn/c1-4-5-6-8(2,3)7-9;;;;/h4,7H,1,5-6H2,2-3H3;3*1H3;. The molecule has 0 aliphatic rings. The van der Waals surface area contributed by atoms with Crippen LogP contribution in [-0.2, 0) is 0 Å². The maximum atomic E-state index is 6.54. The molecule has 0 spiro atoms. The number of hydrogen-bond acceptors (Lipinski definition) is 0. The molecule has 0 fully saturated rings. The first-order valence-corrected chi connectivity index (χ1v) is 15.6. The summed E-state index contributed by atoms with van der Waals surface area (Å²) in [4.78, 5) is 7.21. The molecule has 13 heavy (non-hydrogen) atoms. The molecule has 0 aromatic rings. The molecule has 2 heteroatoms. The summed E-state index contributed by atoms with van der Waals surface area (Å²) in [5.74, 6) is 0. The molecule has 0 aliphatic carbocycles. The third-order valence-corrected chi connectivity index (χ3v) is 14.0. The van der Waals surface area contributed by atoms with Crippen molar-refractivity contribution in [2.45, 2.75) is 44.9 Å². The summed E-state index contributed by atoms with van der Waals surface area (Å²) in [6, 6.07) is 0. The number of halogens is 1. The van der Waals surface area contributed by atoms with Crippen molar-refractivity contribution >= 4 is 30.0 Å². The van der Waals surface area contributed by atoms with Crippen molar-refractivity contribution in [1.29, 1.82) is 0 Å². The van der Waals surface area contributed by atoms with E-state index in [1.165, 1.54) is 6.42 Å². The molecular weight excluding hydrogens is 286 g/mol. The molecule has 0 radical (unpaired) electrons. The SMILES string of the molecule is C=CCCC(C)(C)[CH](Cl)[Sn]([CH3])([CH3])[CH3]. The summed E-state index contributed by atoms with van der Waals surface area (Å²) in [7, 11) is 0. The molecule has 0 aromatic heterocycles. The van der Waals surface area contributed by atoms with Crippen molar-refractivity contribution in [3.8, 4) is 0 Å². The van der Waals surface area contributed by atoms with Crippen LogP contribution in [0.3, 0.4) is 0 Å². The van der Waals surface area contributed by atoms with E-state index >= 15 is 0 Å². The monoisotopic (exact) mass is 310 g/mol. The van der Waals surface area contributed by atoms with Crippen LogP contribution >= 0.6 is 11.6 Å². The van der Waals surface area contributed by atoms with Crippen molar-refractivity contribution in [2.75, 3.05) is 0 Å². The minimum atomic E-state index is -1.93. The normalized spacial score (nSPS) is 15.5. The molecule has 0 aromatic carbocycles. The zero-order valence-corrected chi connectivity index (χ0v) is 13.3. The Morgan fingerprint density at radius 3 is 2.15 bits per heavy atom. The van der Waals surface area contributed by atoms with Crippen LogP contribution in [0.15, 0.2) is 12.7 Å². The van der Waals surface area contributed by atoms with Crippen LogP contribution < -0.4 is 0 Å². The van der Waals surface area contributed by atoms with E-state index in [0.29, 0.717) is 3.39 Å². The van der Waals surface area contributed by atoms with Gasteiger partial charge in [-0.1, -0.05) is 0 Å². The van der Waals surface area contributed by atoms with Gasteiger partial charge in [0.1, 0.15) is 0 Å². The van der Waals surface area contributed by atoms with Gasteiger partial charge in [-0.25, -0.2) is 0 Å². The molecular formula is C11H23ClSn. The van der Waals surface area contributed by atoms with Gasteiger partial charge in [0, 0.05) is 0 Å². The fourth-order valence-electron chi connectivity index (χ4n) is 1.77. The molecule has 0 saturated carbocycles. The number of allylic oxidation sites excluding steroid dienone is 1. The van der Waals surface area contributed by atoms with Crippen LogP contribution in [0.25, 0.3) is 0 Å². The van der Waals surface area contributed by atoms with Gasteiger partial charge in [-0.05, 0) is 0 Å². The molecule has 0 N–H and O–H groups in total. The second-order valence-electron chi connectivity index (χ2n) is 5.54. The van der Waals surface area contributed by atoms with Gasteiger partial charge < -0.3 is 0 Å². The predicted molar refractivity (Wildman–Crippen MR) is 66.2 cm³/mol. The quantitative estimate of drug-likeness (QED) is 0.399. The molecule has 0 heterocycles. The Morgan fingerprint density at radius 2 is 1.85 bits per heavy atom. The molecule has 0 nitrogen and oxygen atoms in total. The van der Waals surface area contributed by atoms with Gasteiger partial charge in [0.25, 0.3) is 0 Å². The average Bonchev–Trinajstić information content (AvgIpc) is 1.98. The second-order valence-corrected chi connectivity index (χ2v) is 22.2. The Labute approximate surface area is 92.6 Å². The third kappa shape index (κ3) is 4.73. The van der Waals surface area contributed by atoms with Crippen molar-refractivity contribution in [3.05, 3.63) is 12.7 Å². The van der Waals surface area contributed by atoms with Crippen molar-refractivity contribution < 1.29 is 0 Å². The average molecular weight is 309 g/mol. The third-order valence-electron chi connectivity index (χ3n) is 2.44. The Bertz CT molecular complexity index is 167. The Hall–Kier alpha value is 0.829. The van der Waals surface area contributed by atoms with Crippen LogP contribution in [0.5, 0.6) is 0 Å². The number of rotatable bonds is 5. The Kier molecular flexibility index (Phi) is 5.39. The van der Waals surface area contributed by atoms with Gasteiger partial charge in [-0.2, -0.15) is 0 Å². The summed E-state index contributed by atoms with van der Waals surface area (Å²) < 4.78 is 0.418. The summed E-state index contributed by atoms with van der Waals surface area (Å²) in [6.45, 7) is 8.34. The molecule has 0 bridgehead atoms. The van der Waals surface area contributed by atoms with E-state index in [-0.39, 0.29) is 5.41 Å². The van der Waals surface area contributed by atoms with Crippen LogP contribution in [0.2, 0.25) is 14.8 Å². The van der Waals surface area contributed by atoms with Crippen LogP contribution in [-0.4, -0.2) is 21.8 Å². The van der Waals surface area contributed by atoms with Gasteiger partial charge in [0.2, 0.25) is 0 Å². The first-order chi connectivity index (χ1) is 5.72. The summed E-state index contributed by atoms with van der Waals surface area (Å²) in [6.07, 6.45) is 4.24. The minimum absolute atomic E-state index is 0.282. The first kappa shape index (κ1) is 13.8. The number of alkyl halides is 1. The van der Waals surface area contributed by atoms with E-state index in [4.69, 9.17) is 11.6 Å². The summed E-state index contributed by atoms with van der Waals surface area (Å²) >= 11 is 4.62. The fraction of sp³-hybridized carbons (Fsp3) is 0.818. The zero-order chi connectivity index (χ0) is 10.7. The van der Waals surface area contributed by atoms with Crippen LogP contribution in [0.1, 0.15) is 26.7 Å². The second kappa shape index (κ2) is 5.06. The molecule has 0 rings (SSSR count). The molecule has 1 unspecified atom stereocenters. The Morgan fingerprint density at radius 1 is 1.38 bits per heavy atom. The fourth-order valence-corrected chi connectivity index (χ4v) is 8.99. The van der Waals surface area contributed by atoms with Crippen molar-refractivity contribution in [1.82, 2.24) is 0 Å². The van der Waals surface area contributed by atoms with Crippen molar-refractivity contribution in [2.24, 2.45) is 5.41 Å². The van der Waals surface area contributed by atoms with E-state index in [2.05, 4.69) is 35.2 Å². The molecule has 78 valence electrons. The molecule has 0 amide bonds. The maximum absolute atomic E-state index is 6.54. The molecule has 0 aliphatic heterocycles. The van der Waals surface area contributed by atoms with Gasteiger partial charge in [-0.15, -0.1) is 0 Å². The van der Waals surface area contributed by atoms with Gasteiger partial charge in [0.15, 0.2) is 0 Å². The number of hydrogen-bond donors (Lipinski definition) is 0. The van der Waals surface area contributed by atoms with E-state index in [9.17, 15) is 0 Å². The van der Waals surface area contributed by atoms with Gasteiger partial charge in [0.05, 0.1) is 0 Å². The van der Waals surface area contributed by atoms with E-state index in [1.54, 1.807) is 0 Å². The molecule has 1 atom stereocenters. The van der Waals surface area contributed by atoms with Gasteiger partial charge in [-0.3, -0.25) is 0 Å². The van der Waals surface area contributed by atoms with Crippen molar-refractivity contribution in [3.63, 3.8) is 0 Å².